The van der Waals surface area contributed by atoms with E-state index in [-0.39, 0.29) is 0 Å². The highest BCUT2D eigenvalue weighted by atomic mass is 15.4. The molecule has 15 heavy (non-hydrogen) atoms. The van der Waals surface area contributed by atoms with Gasteiger partial charge in [-0.25, -0.2) is 10.8 Å². The minimum absolute atomic E-state index is 0.727. The summed E-state index contributed by atoms with van der Waals surface area (Å²) in [6.07, 6.45) is 3.82. The van der Waals surface area contributed by atoms with E-state index in [1.54, 1.807) is 0 Å². The third kappa shape index (κ3) is 1.94. The van der Waals surface area contributed by atoms with Crippen LogP contribution in [0.1, 0.15) is 12.7 Å². The van der Waals surface area contributed by atoms with Gasteiger partial charge in [0.25, 0.3) is 0 Å². The van der Waals surface area contributed by atoms with Crippen LogP contribution in [0.3, 0.4) is 0 Å². The maximum Gasteiger partial charge on any atom is 0.208 e. The molecule has 1 aliphatic rings. The zero-order chi connectivity index (χ0) is 10.7. The van der Waals surface area contributed by atoms with Crippen LogP contribution in [-0.4, -0.2) is 33.5 Å². The number of imidazole rings is 1. The molecule has 2 rings (SSSR count). The largest absolute Gasteiger partial charge is 0.333 e. The van der Waals surface area contributed by atoms with Gasteiger partial charge < -0.3 is 9.47 Å². The molecule has 1 aliphatic heterocycles. The van der Waals surface area contributed by atoms with Crippen molar-refractivity contribution in [2.75, 3.05) is 13.1 Å². The Bertz CT molecular complexity index is 355. The second-order valence-corrected chi connectivity index (χ2v) is 3.40. The number of nitrogens with one attached hydrogen (secondary N) is 1. The smallest absolute Gasteiger partial charge is 0.208 e. The van der Waals surface area contributed by atoms with Crippen LogP contribution in [0.2, 0.25) is 0 Å². The highest BCUT2D eigenvalue weighted by molar-refractivity contribution is 5.79. The lowest BCUT2D eigenvalue weighted by atomic mass is 10.4. The van der Waals surface area contributed by atoms with Gasteiger partial charge in [-0.2, -0.15) is 0 Å². The lowest BCUT2D eigenvalue weighted by Gasteiger charge is -2.29. The quantitative estimate of drug-likeness (QED) is 0.283. The summed E-state index contributed by atoms with van der Waals surface area (Å²) < 4.78 is 2.15. The molecule has 0 spiro atoms. The lowest BCUT2D eigenvalue weighted by molar-refractivity contribution is 0.319. The number of hydrazine groups is 1. The van der Waals surface area contributed by atoms with Crippen molar-refractivity contribution < 1.29 is 0 Å². The summed E-state index contributed by atoms with van der Waals surface area (Å²) in [6, 6.07) is 0. The number of hydrogen-bond donors (Lipinski definition) is 2. The zero-order valence-corrected chi connectivity index (χ0v) is 8.85. The van der Waals surface area contributed by atoms with Gasteiger partial charge >= 0.3 is 0 Å². The molecule has 6 nitrogen and oxygen atoms in total. The first kappa shape index (κ1) is 9.97. The molecule has 0 aromatic carbocycles. The van der Waals surface area contributed by atoms with Crippen molar-refractivity contribution in [1.29, 1.82) is 0 Å². The maximum atomic E-state index is 5.44. The monoisotopic (exact) mass is 208 g/mol. The summed E-state index contributed by atoms with van der Waals surface area (Å²) in [6.45, 7) is 5.31. The average molecular weight is 208 g/mol. The predicted molar refractivity (Wildman–Crippen MR) is 57.9 cm³/mol. The first-order chi connectivity index (χ1) is 7.35. The number of hydrogen-bond acceptors (Lipinski definition) is 3. The van der Waals surface area contributed by atoms with E-state index in [1.165, 1.54) is 0 Å². The lowest BCUT2D eigenvalue weighted by Crippen LogP contribution is -2.47. The number of guanidine groups is 1. The Morgan fingerprint density at radius 1 is 1.67 bits per heavy atom. The molecule has 1 aromatic heterocycles. The molecule has 0 bridgehead atoms. The SMILES string of the molecule is CCN=C(NN)N1CCn2ccnc2C1. The Balaban J connectivity index is 2.12. The van der Waals surface area contributed by atoms with E-state index in [0.29, 0.717) is 0 Å². The fourth-order valence-electron chi connectivity index (χ4n) is 1.74. The number of fused-ring (bicyclic) bond motifs is 1. The van der Waals surface area contributed by atoms with E-state index in [1.807, 2.05) is 19.3 Å². The van der Waals surface area contributed by atoms with Gasteiger partial charge in [0.1, 0.15) is 5.82 Å². The highest BCUT2D eigenvalue weighted by Crippen LogP contribution is 2.09. The summed E-state index contributed by atoms with van der Waals surface area (Å²) in [7, 11) is 0. The molecule has 82 valence electrons. The van der Waals surface area contributed by atoms with Crippen LogP contribution < -0.4 is 11.3 Å². The van der Waals surface area contributed by atoms with Crippen molar-refractivity contribution in [1.82, 2.24) is 19.9 Å². The number of rotatable bonds is 1. The summed E-state index contributed by atoms with van der Waals surface area (Å²) >= 11 is 0. The van der Waals surface area contributed by atoms with Crippen LogP contribution in [0.5, 0.6) is 0 Å². The minimum atomic E-state index is 0.727. The predicted octanol–water partition coefficient (Wildman–Crippen LogP) is -0.462. The molecule has 3 N–H and O–H groups in total. The number of nitrogens with zero attached hydrogens (tertiary/aromatic N) is 4. The number of aromatic nitrogens is 2. The van der Waals surface area contributed by atoms with Crippen molar-refractivity contribution in [2.45, 2.75) is 20.0 Å². The third-order valence-electron chi connectivity index (χ3n) is 2.48. The topological polar surface area (TPSA) is 71.5 Å². The summed E-state index contributed by atoms with van der Waals surface area (Å²) in [4.78, 5) is 10.7. The Labute approximate surface area is 88.8 Å². The Morgan fingerprint density at radius 3 is 3.27 bits per heavy atom. The molecular formula is C9H16N6. The van der Waals surface area contributed by atoms with E-state index in [2.05, 4.69) is 24.9 Å². The minimum Gasteiger partial charge on any atom is -0.333 e. The van der Waals surface area contributed by atoms with E-state index >= 15 is 0 Å². The number of nitrogens with two attached hydrogens (primary N) is 1. The average Bonchev–Trinajstić information content (AvgIpc) is 2.72. The number of aliphatic imine (C=N–C) groups is 1. The zero-order valence-electron chi connectivity index (χ0n) is 8.85. The van der Waals surface area contributed by atoms with Crippen molar-refractivity contribution >= 4 is 5.96 Å². The fourth-order valence-corrected chi connectivity index (χ4v) is 1.74. The fraction of sp³-hybridized carbons (Fsp3) is 0.556. The summed E-state index contributed by atoms with van der Waals surface area (Å²) in [5, 5.41) is 0. The Kier molecular flexibility index (Phi) is 2.86. The van der Waals surface area contributed by atoms with Crippen LogP contribution in [0.25, 0.3) is 0 Å². The molecule has 0 aliphatic carbocycles. The molecular weight excluding hydrogens is 192 g/mol. The standard InChI is InChI=1S/C9H16N6/c1-2-11-9(13-10)15-6-5-14-4-3-12-8(14)7-15/h3-4H,2,5-7,10H2,1H3,(H,11,13). The van der Waals surface area contributed by atoms with Gasteiger partial charge in [0, 0.05) is 32.0 Å². The Morgan fingerprint density at radius 2 is 2.53 bits per heavy atom. The molecule has 2 heterocycles. The first-order valence-corrected chi connectivity index (χ1v) is 5.11. The van der Waals surface area contributed by atoms with Crippen molar-refractivity contribution in [3.63, 3.8) is 0 Å². The maximum absolute atomic E-state index is 5.44. The Hall–Kier alpha value is -1.56. The van der Waals surface area contributed by atoms with Gasteiger partial charge in [0.2, 0.25) is 5.96 Å². The van der Waals surface area contributed by atoms with Crippen LogP contribution in [0.4, 0.5) is 0 Å². The summed E-state index contributed by atoms with van der Waals surface area (Å²) in [5.41, 5.74) is 2.63. The molecule has 0 unspecified atom stereocenters. The van der Waals surface area contributed by atoms with Crippen LogP contribution in [0.15, 0.2) is 17.4 Å². The van der Waals surface area contributed by atoms with E-state index in [0.717, 1.165) is 38.0 Å². The highest BCUT2D eigenvalue weighted by Gasteiger charge is 2.18. The van der Waals surface area contributed by atoms with Crippen LogP contribution in [0, 0.1) is 0 Å². The first-order valence-electron chi connectivity index (χ1n) is 5.11. The van der Waals surface area contributed by atoms with Crippen LogP contribution in [-0.2, 0) is 13.1 Å². The molecule has 0 saturated heterocycles. The van der Waals surface area contributed by atoms with Gasteiger partial charge in [-0.1, -0.05) is 0 Å². The summed E-state index contributed by atoms with van der Waals surface area (Å²) in [5.74, 6) is 7.23. The molecule has 1 aromatic rings. The van der Waals surface area contributed by atoms with Gasteiger partial charge in [-0.15, -0.1) is 0 Å². The van der Waals surface area contributed by atoms with Crippen LogP contribution >= 0.6 is 0 Å². The molecule has 0 atom stereocenters. The van der Waals surface area contributed by atoms with Crippen molar-refractivity contribution in [3.05, 3.63) is 18.2 Å². The molecule has 0 amide bonds. The van der Waals surface area contributed by atoms with Gasteiger partial charge in [-0.3, -0.25) is 10.4 Å². The van der Waals surface area contributed by atoms with E-state index < -0.39 is 0 Å². The van der Waals surface area contributed by atoms with Gasteiger partial charge in [0.05, 0.1) is 6.54 Å². The molecule has 6 heteroatoms. The van der Waals surface area contributed by atoms with E-state index in [9.17, 15) is 0 Å². The molecule has 0 radical (unpaired) electrons. The molecule has 0 fully saturated rings. The third-order valence-corrected chi connectivity index (χ3v) is 2.48. The van der Waals surface area contributed by atoms with E-state index in [4.69, 9.17) is 5.84 Å². The van der Waals surface area contributed by atoms with Crippen molar-refractivity contribution in [3.8, 4) is 0 Å². The van der Waals surface area contributed by atoms with Crippen molar-refractivity contribution in [2.24, 2.45) is 10.8 Å². The molecule has 0 saturated carbocycles. The second-order valence-electron chi connectivity index (χ2n) is 3.40. The second kappa shape index (κ2) is 4.31. The van der Waals surface area contributed by atoms with Gasteiger partial charge in [0.15, 0.2) is 0 Å². The normalized spacial score (nSPS) is 16.4. The van der Waals surface area contributed by atoms with Gasteiger partial charge in [-0.05, 0) is 6.92 Å².